The Bertz CT molecular complexity index is 292. The SMILES string of the molecule is CC=C(C)Oc1ccccc1F. The molecule has 1 aromatic carbocycles. The van der Waals surface area contributed by atoms with Crippen LogP contribution in [0.2, 0.25) is 0 Å². The van der Waals surface area contributed by atoms with Crippen LogP contribution in [0.15, 0.2) is 36.1 Å². The molecule has 0 unspecified atom stereocenters. The normalized spacial score (nSPS) is 11.4. The molecule has 12 heavy (non-hydrogen) atoms. The number of para-hydroxylation sites is 1. The second-order valence-corrected chi connectivity index (χ2v) is 2.43. The predicted molar refractivity (Wildman–Crippen MR) is 46.5 cm³/mol. The van der Waals surface area contributed by atoms with E-state index < -0.39 is 0 Å². The van der Waals surface area contributed by atoms with Gasteiger partial charge in [-0.2, -0.15) is 0 Å². The van der Waals surface area contributed by atoms with E-state index in [1.807, 2.05) is 6.92 Å². The van der Waals surface area contributed by atoms with Gasteiger partial charge in [0.05, 0.1) is 5.76 Å². The van der Waals surface area contributed by atoms with Crippen molar-refractivity contribution in [2.45, 2.75) is 13.8 Å². The van der Waals surface area contributed by atoms with Crippen molar-refractivity contribution in [1.82, 2.24) is 0 Å². The zero-order valence-electron chi connectivity index (χ0n) is 7.17. The topological polar surface area (TPSA) is 9.23 Å². The average Bonchev–Trinajstić information content (AvgIpc) is 2.09. The van der Waals surface area contributed by atoms with E-state index in [0.29, 0.717) is 5.76 Å². The maximum absolute atomic E-state index is 12.9. The minimum atomic E-state index is -0.335. The molecule has 0 aliphatic rings. The molecule has 0 bridgehead atoms. The Kier molecular flexibility index (Phi) is 2.86. The lowest BCUT2D eigenvalue weighted by Crippen LogP contribution is -1.92. The molecule has 1 nitrogen and oxygen atoms in total. The van der Waals surface area contributed by atoms with Crippen LogP contribution in [0.1, 0.15) is 13.8 Å². The summed E-state index contributed by atoms with van der Waals surface area (Å²) >= 11 is 0. The molecule has 0 heterocycles. The lowest BCUT2D eigenvalue weighted by Gasteiger charge is -2.05. The number of hydrogen-bond donors (Lipinski definition) is 0. The third-order valence-electron chi connectivity index (χ3n) is 1.51. The van der Waals surface area contributed by atoms with Crippen LogP contribution in [0.3, 0.4) is 0 Å². The molecule has 1 aromatic rings. The third-order valence-corrected chi connectivity index (χ3v) is 1.51. The largest absolute Gasteiger partial charge is 0.459 e. The zero-order valence-corrected chi connectivity index (χ0v) is 7.17. The molecule has 1 rings (SSSR count). The van der Waals surface area contributed by atoms with Gasteiger partial charge in [0.25, 0.3) is 0 Å². The van der Waals surface area contributed by atoms with E-state index in [4.69, 9.17) is 4.74 Å². The molecule has 0 saturated heterocycles. The van der Waals surface area contributed by atoms with Crippen LogP contribution in [-0.2, 0) is 0 Å². The Balaban J connectivity index is 2.82. The number of hydrogen-bond acceptors (Lipinski definition) is 1. The van der Waals surface area contributed by atoms with E-state index in [1.54, 1.807) is 31.2 Å². The van der Waals surface area contributed by atoms with Gasteiger partial charge in [-0.1, -0.05) is 12.1 Å². The Morgan fingerprint density at radius 3 is 2.67 bits per heavy atom. The summed E-state index contributed by atoms with van der Waals surface area (Å²) in [6.07, 6.45) is 1.78. The van der Waals surface area contributed by atoms with Crippen LogP contribution in [0.25, 0.3) is 0 Å². The van der Waals surface area contributed by atoms with Crippen LogP contribution in [0.4, 0.5) is 4.39 Å². The fraction of sp³-hybridized carbons (Fsp3) is 0.200. The van der Waals surface area contributed by atoms with Gasteiger partial charge in [-0.15, -0.1) is 0 Å². The van der Waals surface area contributed by atoms with Crippen molar-refractivity contribution in [1.29, 1.82) is 0 Å². The van der Waals surface area contributed by atoms with Crippen LogP contribution >= 0.6 is 0 Å². The van der Waals surface area contributed by atoms with Gasteiger partial charge >= 0.3 is 0 Å². The molecular weight excluding hydrogens is 155 g/mol. The quantitative estimate of drug-likeness (QED) is 0.613. The molecule has 64 valence electrons. The molecule has 0 radical (unpaired) electrons. The Hall–Kier alpha value is -1.31. The van der Waals surface area contributed by atoms with E-state index in [-0.39, 0.29) is 11.6 Å². The number of allylic oxidation sites excluding steroid dienone is 2. The van der Waals surface area contributed by atoms with Gasteiger partial charge in [0, 0.05) is 0 Å². The maximum Gasteiger partial charge on any atom is 0.165 e. The van der Waals surface area contributed by atoms with Gasteiger partial charge in [0.15, 0.2) is 11.6 Å². The molecule has 0 aliphatic carbocycles. The minimum Gasteiger partial charge on any atom is -0.459 e. The summed E-state index contributed by atoms with van der Waals surface area (Å²) in [5.41, 5.74) is 0. The first-order valence-corrected chi connectivity index (χ1v) is 3.79. The smallest absolute Gasteiger partial charge is 0.165 e. The summed E-state index contributed by atoms with van der Waals surface area (Å²) in [6.45, 7) is 3.63. The molecule has 0 spiro atoms. The fourth-order valence-electron chi connectivity index (χ4n) is 0.760. The highest BCUT2D eigenvalue weighted by atomic mass is 19.1. The predicted octanol–water partition coefficient (Wildman–Crippen LogP) is 3.13. The molecule has 0 saturated carbocycles. The number of halogens is 1. The molecule has 0 N–H and O–H groups in total. The number of rotatable bonds is 2. The van der Waals surface area contributed by atoms with Gasteiger partial charge in [-0.05, 0) is 32.1 Å². The van der Waals surface area contributed by atoms with E-state index in [1.165, 1.54) is 6.07 Å². The van der Waals surface area contributed by atoms with Gasteiger partial charge in [0.2, 0.25) is 0 Å². The molecule has 0 fully saturated rings. The van der Waals surface area contributed by atoms with Crippen LogP contribution in [0.5, 0.6) is 5.75 Å². The summed E-state index contributed by atoms with van der Waals surface area (Å²) in [6, 6.07) is 6.34. The Labute approximate surface area is 71.5 Å². The summed E-state index contributed by atoms with van der Waals surface area (Å²) < 4.78 is 18.1. The number of ether oxygens (including phenoxy) is 1. The zero-order chi connectivity index (χ0) is 8.97. The fourth-order valence-corrected chi connectivity index (χ4v) is 0.760. The molecule has 0 aliphatic heterocycles. The van der Waals surface area contributed by atoms with Gasteiger partial charge in [-0.25, -0.2) is 4.39 Å². The van der Waals surface area contributed by atoms with Crippen LogP contribution in [0, 0.1) is 5.82 Å². The molecular formula is C10H11FO. The molecule has 0 aromatic heterocycles. The molecule has 0 amide bonds. The monoisotopic (exact) mass is 166 g/mol. The van der Waals surface area contributed by atoms with Crippen molar-refractivity contribution in [2.75, 3.05) is 0 Å². The van der Waals surface area contributed by atoms with Crippen molar-refractivity contribution < 1.29 is 9.13 Å². The lowest BCUT2D eigenvalue weighted by molar-refractivity contribution is 0.397. The minimum absolute atomic E-state index is 0.271. The van der Waals surface area contributed by atoms with Gasteiger partial charge in [-0.3, -0.25) is 0 Å². The van der Waals surface area contributed by atoms with Crippen molar-refractivity contribution in [3.05, 3.63) is 41.9 Å². The maximum atomic E-state index is 12.9. The second-order valence-electron chi connectivity index (χ2n) is 2.43. The lowest BCUT2D eigenvalue weighted by atomic mass is 10.3. The summed E-state index contributed by atoms with van der Waals surface area (Å²) in [5, 5.41) is 0. The summed E-state index contributed by atoms with van der Waals surface area (Å²) in [4.78, 5) is 0. The highest BCUT2D eigenvalue weighted by Crippen LogP contribution is 2.17. The third kappa shape index (κ3) is 2.09. The standard InChI is InChI=1S/C10H11FO/c1-3-8(2)12-10-7-5-4-6-9(10)11/h3-7H,1-2H3. The van der Waals surface area contributed by atoms with E-state index in [9.17, 15) is 4.39 Å². The van der Waals surface area contributed by atoms with Gasteiger partial charge in [0.1, 0.15) is 0 Å². The van der Waals surface area contributed by atoms with E-state index >= 15 is 0 Å². The van der Waals surface area contributed by atoms with Crippen LogP contribution in [-0.4, -0.2) is 0 Å². The molecule has 0 atom stereocenters. The molecule has 2 heteroatoms. The van der Waals surface area contributed by atoms with Crippen molar-refractivity contribution in [2.24, 2.45) is 0 Å². The van der Waals surface area contributed by atoms with Crippen molar-refractivity contribution in [3.8, 4) is 5.75 Å². The first-order valence-electron chi connectivity index (χ1n) is 3.79. The number of benzene rings is 1. The average molecular weight is 166 g/mol. The summed E-state index contributed by atoms with van der Waals surface area (Å²) in [5.74, 6) is 0.631. The van der Waals surface area contributed by atoms with Crippen molar-refractivity contribution in [3.63, 3.8) is 0 Å². The first kappa shape index (κ1) is 8.78. The van der Waals surface area contributed by atoms with E-state index in [0.717, 1.165) is 0 Å². The second kappa shape index (κ2) is 3.90. The highest BCUT2D eigenvalue weighted by molar-refractivity contribution is 5.25. The Morgan fingerprint density at radius 2 is 2.08 bits per heavy atom. The van der Waals surface area contributed by atoms with E-state index in [2.05, 4.69) is 0 Å². The highest BCUT2D eigenvalue weighted by Gasteiger charge is 2.00. The van der Waals surface area contributed by atoms with Crippen molar-refractivity contribution >= 4 is 0 Å². The van der Waals surface area contributed by atoms with Crippen LogP contribution < -0.4 is 4.74 Å². The summed E-state index contributed by atoms with van der Waals surface area (Å²) in [7, 11) is 0. The van der Waals surface area contributed by atoms with Gasteiger partial charge < -0.3 is 4.74 Å². The Morgan fingerprint density at radius 1 is 1.42 bits per heavy atom. The first-order chi connectivity index (χ1) is 5.74.